The average molecular weight is 238 g/mol. The summed E-state index contributed by atoms with van der Waals surface area (Å²) in [5.74, 6) is -0.849. The molecule has 1 unspecified atom stereocenters. The van der Waals surface area contributed by atoms with E-state index in [1.165, 1.54) is 0 Å². The molecule has 4 heteroatoms. The molecule has 1 atom stereocenters. The van der Waals surface area contributed by atoms with E-state index in [-0.39, 0.29) is 6.04 Å². The number of carboxylic acids is 1. The molecular formula is C12H12ClNO2. The van der Waals surface area contributed by atoms with Crippen molar-refractivity contribution in [3.63, 3.8) is 0 Å². The molecule has 0 saturated heterocycles. The van der Waals surface area contributed by atoms with Crippen LogP contribution in [0.25, 0.3) is 0 Å². The number of hydrogen-bond acceptors (Lipinski definition) is 2. The van der Waals surface area contributed by atoms with Gasteiger partial charge in [0.05, 0.1) is 6.04 Å². The molecule has 84 valence electrons. The van der Waals surface area contributed by atoms with Gasteiger partial charge in [0.15, 0.2) is 0 Å². The first-order valence-electron chi connectivity index (χ1n) is 5.10. The molecule has 1 aliphatic rings. The van der Waals surface area contributed by atoms with Gasteiger partial charge in [0.2, 0.25) is 0 Å². The summed E-state index contributed by atoms with van der Waals surface area (Å²) < 4.78 is 0. The van der Waals surface area contributed by atoms with Gasteiger partial charge in [0, 0.05) is 17.1 Å². The summed E-state index contributed by atoms with van der Waals surface area (Å²) >= 11 is 6.07. The van der Waals surface area contributed by atoms with Crippen molar-refractivity contribution >= 4 is 17.6 Å². The molecular weight excluding hydrogens is 226 g/mol. The van der Waals surface area contributed by atoms with Gasteiger partial charge in [-0.15, -0.1) is 0 Å². The minimum atomic E-state index is -0.849. The van der Waals surface area contributed by atoms with E-state index in [1.807, 2.05) is 18.2 Å². The Bertz CT molecular complexity index is 442. The summed E-state index contributed by atoms with van der Waals surface area (Å²) in [6.07, 6.45) is 2.28. The molecule has 0 spiro atoms. The summed E-state index contributed by atoms with van der Waals surface area (Å²) in [5.41, 5.74) is 1.37. The van der Waals surface area contributed by atoms with Crippen LogP contribution in [0.15, 0.2) is 35.9 Å². The van der Waals surface area contributed by atoms with Gasteiger partial charge in [0.25, 0.3) is 0 Å². The fraction of sp³-hybridized carbons (Fsp3) is 0.250. The molecule has 1 aromatic carbocycles. The number of benzene rings is 1. The van der Waals surface area contributed by atoms with Crippen LogP contribution in [0.1, 0.15) is 18.0 Å². The normalized spacial score (nSPS) is 20.3. The van der Waals surface area contributed by atoms with E-state index in [2.05, 4.69) is 5.32 Å². The Morgan fingerprint density at radius 2 is 2.19 bits per heavy atom. The summed E-state index contributed by atoms with van der Waals surface area (Å²) in [4.78, 5) is 10.9. The van der Waals surface area contributed by atoms with Gasteiger partial charge >= 0.3 is 5.97 Å². The van der Waals surface area contributed by atoms with E-state index >= 15 is 0 Å². The Balaban J connectivity index is 2.32. The van der Waals surface area contributed by atoms with Gasteiger partial charge in [-0.2, -0.15) is 0 Å². The maximum atomic E-state index is 10.9. The molecule has 0 fully saturated rings. The highest BCUT2D eigenvalue weighted by molar-refractivity contribution is 6.31. The second-order valence-corrected chi connectivity index (χ2v) is 4.11. The third-order valence-electron chi connectivity index (χ3n) is 2.64. The maximum Gasteiger partial charge on any atom is 0.331 e. The molecule has 0 aromatic heterocycles. The van der Waals surface area contributed by atoms with Crippen LogP contribution < -0.4 is 5.32 Å². The predicted molar refractivity (Wildman–Crippen MR) is 62.5 cm³/mol. The topological polar surface area (TPSA) is 49.3 Å². The molecule has 2 N–H and O–H groups in total. The van der Waals surface area contributed by atoms with Crippen LogP contribution in [0, 0.1) is 0 Å². The van der Waals surface area contributed by atoms with Gasteiger partial charge in [-0.3, -0.25) is 0 Å². The number of nitrogens with one attached hydrogen (secondary N) is 1. The monoisotopic (exact) mass is 237 g/mol. The van der Waals surface area contributed by atoms with E-state index in [9.17, 15) is 4.79 Å². The molecule has 0 bridgehead atoms. The summed E-state index contributed by atoms with van der Waals surface area (Å²) in [7, 11) is 0. The Kier molecular flexibility index (Phi) is 3.27. The lowest BCUT2D eigenvalue weighted by atomic mass is 9.98. The van der Waals surface area contributed by atoms with Crippen LogP contribution in [0.2, 0.25) is 5.02 Å². The number of halogens is 1. The molecule has 1 aromatic rings. The van der Waals surface area contributed by atoms with Crippen molar-refractivity contribution in [2.75, 3.05) is 6.54 Å². The van der Waals surface area contributed by atoms with Crippen molar-refractivity contribution in [3.05, 3.63) is 46.5 Å². The maximum absolute atomic E-state index is 10.9. The molecule has 16 heavy (non-hydrogen) atoms. The minimum absolute atomic E-state index is 0.103. The Hall–Kier alpha value is -1.32. The van der Waals surface area contributed by atoms with E-state index < -0.39 is 5.97 Å². The predicted octanol–water partition coefficient (Wildman–Crippen LogP) is 2.39. The van der Waals surface area contributed by atoms with Crippen LogP contribution in [-0.4, -0.2) is 17.6 Å². The molecule has 0 aliphatic carbocycles. The van der Waals surface area contributed by atoms with Gasteiger partial charge in [-0.25, -0.2) is 4.79 Å². The number of hydrogen-bond donors (Lipinski definition) is 2. The quantitative estimate of drug-likeness (QED) is 0.830. The van der Waals surface area contributed by atoms with Crippen molar-refractivity contribution in [3.8, 4) is 0 Å². The second kappa shape index (κ2) is 4.68. The molecule has 2 rings (SSSR count). The Morgan fingerprint density at radius 1 is 1.44 bits per heavy atom. The van der Waals surface area contributed by atoms with E-state index in [4.69, 9.17) is 16.7 Å². The number of carbonyl (C=O) groups is 1. The molecule has 3 nitrogen and oxygen atoms in total. The third kappa shape index (κ3) is 2.26. The van der Waals surface area contributed by atoms with Crippen molar-refractivity contribution < 1.29 is 9.90 Å². The Labute approximate surface area is 98.7 Å². The lowest BCUT2D eigenvalue weighted by Crippen LogP contribution is -2.27. The van der Waals surface area contributed by atoms with E-state index in [0.717, 1.165) is 5.56 Å². The Morgan fingerprint density at radius 3 is 2.88 bits per heavy atom. The second-order valence-electron chi connectivity index (χ2n) is 3.70. The number of rotatable bonds is 2. The molecule has 0 amide bonds. The van der Waals surface area contributed by atoms with Crippen LogP contribution >= 0.6 is 11.6 Å². The third-order valence-corrected chi connectivity index (χ3v) is 2.99. The minimum Gasteiger partial charge on any atom is -0.478 e. The van der Waals surface area contributed by atoms with Gasteiger partial charge in [-0.05, 0) is 18.1 Å². The summed E-state index contributed by atoms with van der Waals surface area (Å²) in [6.45, 7) is 0.661. The van der Waals surface area contributed by atoms with Crippen molar-refractivity contribution in [2.24, 2.45) is 0 Å². The molecule has 1 aliphatic heterocycles. The highest BCUT2D eigenvalue weighted by Crippen LogP contribution is 2.27. The zero-order valence-corrected chi connectivity index (χ0v) is 9.37. The molecule has 0 saturated carbocycles. The van der Waals surface area contributed by atoms with E-state index in [1.54, 1.807) is 12.1 Å². The van der Waals surface area contributed by atoms with Crippen LogP contribution in [0.4, 0.5) is 0 Å². The number of aliphatic carboxylic acids is 1. The largest absolute Gasteiger partial charge is 0.478 e. The summed E-state index contributed by atoms with van der Waals surface area (Å²) in [6, 6.07) is 7.36. The first-order chi connectivity index (χ1) is 7.68. The fourth-order valence-corrected chi connectivity index (χ4v) is 2.06. The lowest BCUT2D eigenvalue weighted by Gasteiger charge is -2.22. The van der Waals surface area contributed by atoms with Crippen LogP contribution in [0.5, 0.6) is 0 Å². The summed E-state index contributed by atoms with van der Waals surface area (Å²) in [5, 5.41) is 12.8. The SMILES string of the molecule is O=C(O)C1=CC(c2ccccc2Cl)NCC1. The zero-order chi connectivity index (χ0) is 11.5. The first-order valence-corrected chi connectivity index (χ1v) is 5.48. The van der Waals surface area contributed by atoms with Crippen LogP contribution in [0.3, 0.4) is 0 Å². The van der Waals surface area contributed by atoms with Gasteiger partial charge in [-0.1, -0.05) is 35.9 Å². The van der Waals surface area contributed by atoms with Crippen LogP contribution in [-0.2, 0) is 4.79 Å². The van der Waals surface area contributed by atoms with Crippen molar-refractivity contribution in [1.82, 2.24) is 5.32 Å². The zero-order valence-electron chi connectivity index (χ0n) is 8.61. The van der Waals surface area contributed by atoms with Gasteiger partial charge in [0.1, 0.15) is 0 Å². The standard InChI is InChI=1S/C12H12ClNO2/c13-10-4-2-1-3-9(10)11-7-8(12(15)16)5-6-14-11/h1-4,7,11,14H,5-6H2,(H,15,16). The first kappa shape index (κ1) is 11.2. The van der Waals surface area contributed by atoms with Gasteiger partial charge < -0.3 is 10.4 Å². The molecule has 0 radical (unpaired) electrons. The highest BCUT2D eigenvalue weighted by atomic mass is 35.5. The van der Waals surface area contributed by atoms with E-state index in [0.29, 0.717) is 23.6 Å². The fourth-order valence-electron chi connectivity index (χ4n) is 1.81. The smallest absolute Gasteiger partial charge is 0.331 e. The average Bonchev–Trinajstić information content (AvgIpc) is 2.30. The van der Waals surface area contributed by atoms with Crippen molar-refractivity contribution in [2.45, 2.75) is 12.5 Å². The van der Waals surface area contributed by atoms with Crippen molar-refractivity contribution in [1.29, 1.82) is 0 Å². The lowest BCUT2D eigenvalue weighted by molar-refractivity contribution is -0.132. The number of carboxylic acid groups (broad SMARTS) is 1. The molecule has 1 heterocycles. The highest BCUT2D eigenvalue weighted by Gasteiger charge is 2.19.